The van der Waals surface area contributed by atoms with E-state index in [-0.39, 0.29) is 0 Å². The van der Waals surface area contributed by atoms with E-state index in [1.54, 1.807) is 30.9 Å². The molecule has 5 aromatic heterocycles. The van der Waals surface area contributed by atoms with E-state index in [9.17, 15) is 5.26 Å². The molecule has 56 heavy (non-hydrogen) atoms. The predicted molar refractivity (Wildman–Crippen MR) is 216 cm³/mol. The fraction of sp³-hybridized carbons (Fsp3) is 0. The summed E-state index contributed by atoms with van der Waals surface area (Å²) in [5.74, 6) is 4.25. The van der Waals surface area contributed by atoms with Crippen LogP contribution in [0.1, 0.15) is 5.56 Å². The molecule has 10 heteroatoms. The summed E-state index contributed by atoms with van der Waals surface area (Å²) < 4.78 is 17.4. The maximum absolute atomic E-state index is 9.65. The summed E-state index contributed by atoms with van der Waals surface area (Å²) in [4.78, 5) is 22.0. The van der Waals surface area contributed by atoms with Gasteiger partial charge in [-0.05, 0) is 102 Å². The summed E-state index contributed by atoms with van der Waals surface area (Å²) in [6.45, 7) is 7.60. The molecule has 0 aliphatic carbocycles. The van der Waals surface area contributed by atoms with Gasteiger partial charge >= 0.3 is 0 Å². The molecule has 5 heterocycles. The minimum Gasteiger partial charge on any atom is -0.457 e. The Morgan fingerprint density at radius 3 is 1.62 bits per heavy atom. The lowest BCUT2D eigenvalue weighted by Crippen LogP contribution is -1.97. The summed E-state index contributed by atoms with van der Waals surface area (Å²) in [6.07, 6.45) is 6.92. The molecule has 10 rings (SSSR count). The van der Waals surface area contributed by atoms with Gasteiger partial charge in [-0.2, -0.15) is 5.26 Å². The van der Waals surface area contributed by atoms with Crippen LogP contribution in [-0.4, -0.2) is 29.1 Å². The van der Waals surface area contributed by atoms with E-state index < -0.39 is 0 Å². The molecule has 0 radical (unpaired) electrons. The second-order valence-corrected chi connectivity index (χ2v) is 13.0. The molecule has 0 amide bonds. The first-order chi connectivity index (χ1) is 27.6. The number of rotatable bonds is 7. The summed E-state index contributed by atoms with van der Waals surface area (Å²) >= 11 is 0. The van der Waals surface area contributed by atoms with Crippen molar-refractivity contribution < 1.29 is 9.47 Å². The van der Waals surface area contributed by atoms with Crippen LogP contribution in [0.25, 0.3) is 71.5 Å². The van der Waals surface area contributed by atoms with Gasteiger partial charge in [-0.3, -0.25) is 9.13 Å². The molecule has 10 aromatic rings. The second kappa shape index (κ2) is 13.3. The van der Waals surface area contributed by atoms with Gasteiger partial charge < -0.3 is 9.47 Å². The lowest BCUT2D eigenvalue weighted by Gasteiger charge is -2.13. The summed E-state index contributed by atoms with van der Waals surface area (Å²) in [5.41, 5.74) is 5.49. The third-order valence-electron chi connectivity index (χ3n) is 9.65. The largest absolute Gasteiger partial charge is 0.457 e. The van der Waals surface area contributed by atoms with Gasteiger partial charge in [0.2, 0.25) is 0 Å². The van der Waals surface area contributed by atoms with Crippen LogP contribution in [0.3, 0.4) is 0 Å². The number of fused-ring (bicyclic) bond motifs is 6. The topological polar surface area (TPSA) is 108 Å². The molecule has 0 fully saturated rings. The van der Waals surface area contributed by atoms with Crippen molar-refractivity contribution in [2.75, 3.05) is 0 Å². The molecular weight excluding hydrogens is 697 g/mol. The first-order valence-corrected chi connectivity index (χ1v) is 17.7. The average Bonchev–Trinajstić information content (AvgIpc) is 3.75. The van der Waals surface area contributed by atoms with Crippen LogP contribution in [0.4, 0.5) is 5.69 Å². The van der Waals surface area contributed by atoms with Gasteiger partial charge in [-0.15, -0.1) is 0 Å². The second-order valence-electron chi connectivity index (χ2n) is 13.0. The molecule has 262 valence electrons. The number of hydrogen-bond acceptors (Lipinski definition) is 7. The zero-order valence-electron chi connectivity index (χ0n) is 29.4. The van der Waals surface area contributed by atoms with Crippen molar-refractivity contribution in [3.8, 4) is 52.1 Å². The normalized spacial score (nSPS) is 11.2. The molecule has 0 unspecified atom stereocenters. The molecule has 0 spiro atoms. The van der Waals surface area contributed by atoms with Crippen LogP contribution in [0, 0.1) is 17.9 Å². The van der Waals surface area contributed by atoms with Gasteiger partial charge in [-0.1, -0.05) is 18.2 Å². The van der Waals surface area contributed by atoms with E-state index in [2.05, 4.69) is 40.0 Å². The summed E-state index contributed by atoms with van der Waals surface area (Å²) in [7, 11) is 0. The van der Waals surface area contributed by atoms with Crippen LogP contribution in [0.15, 0.2) is 158 Å². The number of benzene rings is 5. The van der Waals surface area contributed by atoms with E-state index in [1.807, 2.05) is 127 Å². The van der Waals surface area contributed by atoms with Crippen molar-refractivity contribution in [3.05, 3.63) is 175 Å². The smallest absolute Gasteiger partial charge is 0.188 e. The highest BCUT2D eigenvalue weighted by molar-refractivity contribution is 6.11. The Morgan fingerprint density at radius 1 is 0.500 bits per heavy atom. The number of hydrogen-bond donors (Lipinski definition) is 0. The Kier molecular flexibility index (Phi) is 7.65. The highest BCUT2D eigenvalue weighted by Crippen LogP contribution is 2.40. The SMILES string of the molecule is [C-]#[N+]c1ccc2c(c1)c1ccc(Oc3cc(Oc4ccc5c6cc(C#N)ccc6n(-c6ccccn6)c5c4)cc(-c4ncccn4)c3)cc1n2-c1ccccn1. The molecule has 0 saturated heterocycles. The van der Waals surface area contributed by atoms with Crippen molar-refractivity contribution in [2.45, 2.75) is 0 Å². The first kappa shape index (κ1) is 32.3. The molecule has 10 nitrogen and oxygen atoms in total. The molecule has 0 aliphatic rings. The van der Waals surface area contributed by atoms with Crippen LogP contribution in [-0.2, 0) is 0 Å². The highest BCUT2D eigenvalue weighted by atomic mass is 16.5. The van der Waals surface area contributed by atoms with Gasteiger partial charge in [0.1, 0.15) is 34.6 Å². The van der Waals surface area contributed by atoms with Crippen molar-refractivity contribution in [2.24, 2.45) is 0 Å². The molecule has 0 saturated carbocycles. The van der Waals surface area contributed by atoms with Crippen molar-refractivity contribution >= 4 is 49.3 Å². The van der Waals surface area contributed by atoms with Crippen LogP contribution in [0.2, 0.25) is 0 Å². The molecule has 0 atom stereocenters. The summed E-state index contributed by atoms with van der Waals surface area (Å²) in [5, 5.41) is 13.5. The van der Waals surface area contributed by atoms with Crippen molar-refractivity contribution in [1.29, 1.82) is 5.26 Å². The van der Waals surface area contributed by atoms with E-state index >= 15 is 0 Å². The predicted octanol–water partition coefficient (Wildman–Crippen LogP) is 11.1. The molecule has 5 aromatic carbocycles. The van der Waals surface area contributed by atoms with E-state index in [4.69, 9.17) is 16.0 Å². The first-order valence-electron chi connectivity index (χ1n) is 17.7. The van der Waals surface area contributed by atoms with Crippen LogP contribution in [0.5, 0.6) is 23.0 Å². The maximum atomic E-state index is 9.65. The van der Waals surface area contributed by atoms with Crippen molar-refractivity contribution in [1.82, 2.24) is 29.1 Å². The third-order valence-corrected chi connectivity index (χ3v) is 9.65. The molecular formula is C46H26N8O2. The molecule has 0 aliphatic heterocycles. The lowest BCUT2D eigenvalue weighted by atomic mass is 10.1. The Morgan fingerprint density at radius 2 is 1.07 bits per heavy atom. The summed E-state index contributed by atoms with van der Waals surface area (Å²) in [6, 6.07) is 44.4. The number of nitriles is 1. The van der Waals surface area contributed by atoms with Crippen LogP contribution >= 0.6 is 0 Å². The van der Waals surface area contributed by atoms with Gasteiger partial charge in [0, 0.05) is 64.7 Å². The fourth-order valence-corrected chi connectivity index (χ4v) is 7.26. The number of ether oxygens (including phenoxy) is 2. The zero-order valence-corrected chi connectivity index (χ0v) is 29.4. The Hall–Kier alpha value is -8.34. The standard InChI is InChI=1S/C46H26N8O2/c1-48-31-10-16-41-39(24-31)37-14-12-33(27-43(37)54(41)45-8-3-5-18-50-45)56-35-23-30(46-51-19-6-20-52-46)22-34(25-35)55-32-11-13-36-38-21-29(28-47)9-15-40(38)53(42(36)26-32)44-7-2-4-17-49-44/h2-27H. The number of aromatic nitrogens is 6. The van der Waals surface area contributed by atoms with E-state index in [0.29, 0.717) is 45.6 Å². The monoisotopic (exact) mass is 722 g/mol. The van der Waals surface area contributed by atoms with Gasteiger partial charge in [-0.25, -0.2) is 24.8 Å². The Balaban J connectivity index is 1.08. The zero-order chi connectivity index (χ0) is 37.6. The maximum Gasteiger partial charge on any atom is 0.188 e. The van der Waals surface area contributed by atoms with E-state index in [0.717, 1.165) is 55.2 Å². The number of pyridine rings is 2. The highest BCUT2D eigenvalue weighted by Gasteiger charge is 2.18. The molecule has 0 bridgehead atoms. The average molecular weight is 723 g/mol. The third kappa shape index (κ3) is 5.59. The Labute approximate surface area is 319 Å². The van der Waals surface area contributed by atoms with Crippen molar-refractivity contribution in [3.63, 3.8) is 0 Å². The molecule has 0 N–H and O–H groups in total. The minimum absolute atomic E-state index is 0.517. The lowest BCUT2D eigenvalue weighted by molar-refractivity contribution is 0.461. The van der Waals surface area contributed by atoms with E-state index in [1.165, 1.54) is 0 Å². The quantitative estimate of drug-likeness (QED) is 0.151. The van der Waals surface area contributed by atoms with Crippen LogP contribution < -0.4 is 9.47 Å². The van der Waals surface area contributed by atoms with Gasteiger partial charge in [0.25, 0.3) is 0 Å². The Bertz CT molecular complexity index is 3020. The fourth-order valence-electron chi connectivity index (χ4n) is 7.26. The number of nitrogens with zero attached hydrogens (tertiary/aromatic N) is 8. The minimum atomic E-state index is 0.517. The van der Waals surface area contributed by atoms with Gasteiger partial charge in [0.05, 0.1) is 40.3 Å². The van der Waals surface area contributed by atoms with Gasteiger partial charge in [0.15, 0.2) is 11.5 Å².